The second kappa shape index (κ2) is 5.17. The van der Waals surface area contributed by atoms with Gasteiger partial charge in [0.25, 0.3) is 0 Å². The van der Waals surface area contributed by atoms with E-state index in [-0.39, 0.29) is 41.0 Å². The largest absolute Gasteiger partial charge is 0.354 e. The van der Waals surface area contributed by atoms with Crippen LogP contribution in [-0.4, -0.2) is 38.3 Å². The number of benzene rings is 1. The molecule has 1 saturated heterocycles. The Bertz CT molecular complexity index is 666. The lowest BCUT2D eigenvalue weighted by molar-refractivity contribution is -0.122. The fraction of sp³-hybridized carbons (Fsp3) is 0.273. The van der Waals surface area contributed by atoms with Gasteiger partial charge in [0.15, 0.2) is 0 Å². The van der Waals surface area contributed by atoms with E-state index in [1.54, 1.807) is 0 Å². The molecule has 0 atom stereocenters. The van der Waals surface area contributed by atoms with Crippen molar-refractivity contribution in [2.24, 2.45) is 0 Å². The number of rotatable bonds is 2. The molecular weight excluding hydrogens is 290 g/mol. The lowest BCUT2D eigenvalue weighted by Crippen LogP contribution is -2.49. The average molecular weight is 300 g/mol. The molecular formula is C11H10ClN3O3S. The summed E-state index contributed by atoms with van der Waals surface area (Å²) in [5, 5.41) is 11.4. The molecule has 1 fully saturated rings. The van der Waals surface area contributed by atoms with Crippen LogP contribution < -0.4 is 5.32 Å². The number of halogens is 1. The first-order valence-electron chi connectivity index (χ1n) is 5.41. The maximum Gasteiger partial charge on any atom is 0.243 e. The fourth-order valence-corrected chi connectivity index (χ4v) is 3.43. The summed E-state index contributed by atoms with van der Waals surface area (Å²) >= 11 is 5.82. The molecule has 6 nitrogen and oxygen atoms in total. The number of hydrogen-bond acceptors (Lipinski definition) is 4. The van der Waals surface area contributed by atoms with Crippen LogP contribution in [0.4, 0.5) is 0 Å². The molecule has 2 rings (SSSR count). The van der Waals surface area contributed by atoms with E-state index in [2.05, 4.69) is 5.32 Å². The summed E-state index contributed by atoms with van der Waals surface area (Å²) < 4.78 is 25.7. The fourth-order valence-electron chi connectivity index (χ4n) is 1.72. The Morgan fingerprint density at radius 3 is 2.74 bits per heavy atom. The Morgan fingerprint density at radius 1 is 1.42 bits per heavy atom. The summed E-state index contributed by atoms with van der Waals surface area (Å²) in [4.78, 5) is 11.2. The summed E-state index contributed by atoms with van der Waals surface area (Å²) in [6, 6.07) is 5.74. The highest BCUT2D eigenvalue weighted by Crippen LogP contribution is 2.23. The van der Waals surface area contributed by atoms with E-state index in [0.29, 0.717) is 0 Å². The third kappa shape index (κ3) is 2.71. The van der Waals surface area contributed by atoms with Crippen LogP contribution in [0.15, 0.2) is 23.1 Å². The second-order valence-corrected chi connectivity index (χ2v) is 6.29. The van der Waals surface area contributed by atoms with Gasteiger partial charge in [-0.15, -0.1) is 0 Å². The van der Waals surface area contributed by atoms with Gasteiger partial charge in [0, 0.05) is 13.1 Å². The number of nitrogens with zero attached hydrogens (tertiary/aromatic N) is 2. The smallest absolute Gasteiger partial charge is 0.243 e. The van der Waals surface area contributed by atoms with Crippen LogP contribution in [0.25, 0.3) is 0 Å². The summed E-state index contributed by atoms with van der Waals surface area (Å²) in [5.74, 6) is -0.338. The molecule has 8 heteroatoms. The minimum Gasteiger partial charge on any atom is -0.354 e. The third-order valence-corrected chi connectivity index (χ3v) is 4.86. The number of carbonyl (C=O) groups is 1. The number of nitrogens with one attached hydrogen (secondary N) is 1. The molecule has 100 valence electrons. The van der Waals surface area contributed by atoms with Gasteiger partial charge < -0.3 is 5.32 Å². The van der Waals surface area contributed by atoms with Gasteiger partial charge in [-0.3, -0.25) is 4.79 Å². The second-order valence-electron chi connectivity index (χ2n) is 3.94. The molecule has 0 saturated carbocycles. The molecule has 1 amide bonds. The van der Waals surface area contributed by atoms with Crippen molar-refractivity contribution in [2.75, 3.05) is 19.6 Å². The standard InChI is InChI=1S/C11H10ClN3O3S/c12-10-5-9(2-1-8(10)6-13)19(17,18)15-4-3-14-11(16)7-15/h1-2,5H,3-4,7H2,(H,14,16). The van der Waals surface area contributed by atoms with Gasteiger partial charge in [0.1, 0.15) is 6.07 Å². The molecule has 1 N–H and O–H groups in total. The number of nitriles is 1. The van der Waals surface area contributed by atoms with E-state index >= 15 is 0 Å². The zero-order valence-corrected chi connectivity index (χ0v) is 11.3. The molecule has 0 bridgehead atoms. The Morgan fingerprint density at radius 2 is 2.16 bits per heavy atom. The van der Waals surface area contributed by atoms with Crippen molar-refractivity contribution >= 4 is 27.5 Å². The Kier molecular flexibility index (Phi) is 3.75. The van der Waals surface area contributed by atoms with Crippen LogP contribution in [0, 0.1) is 11.3 Å². The maximum atomic E-state index is 12.3. The molecule has 1 aromatic carbocycles. The first-order chi connectivity index (χ1) is 8.95. The molecule has 0 aromatic heterocycles. The van der Waals surface area contributed by atoms with Crippen molar-refractivity contribution in [2.45, 2.75) is 4.90 Å². The van der Waals surface area contributed by atoms with Gasteiger partial charge in [-0.1, -0.05) is 11.6 Å². The predicted molar refractivity (Wildman–Crippen MR) is 67.9 cm³/mol. The van der Waals surface area contributed by atoms with E-state index in [9.17, 15) is 13.2 Å². The number of sulfonamides is 1. The van der Waals surface area contributed by atoms with Gasteiger partial charge in [0.2, 0.25) is 15.9 Å². The minimum atomic E-state index is -3.76. The van der Waals surface area contributed by atoms with Crippen molar-refractivity contribution in [3.63, 3.8) is 0 Å². The topological polar surface area (TPSA) is 90.3 Å². The molecule has 0 aliphatic carbocycles. The summed E-state index contributed by atoms with van der Waals surface area (Å²) in [7, 11) is -3.76. The number of piperazine rings is 1. The molecule has 1 heterocycles. The monoisotopic (exact) mass is 299 g/mol. The van der Waals surface area contributed by atoms with Crippen molar-refractivity contribution in [1.29, 1.82) is 5.26 Å². The lowest BCUT2D eigenvalue weighted by Gasteiger charge is -2.25. The van der Waals surface area contributed by atoms with Crippen LogP contribution in [-0.2, 0) is 14.8 Å². The highest BCUT2D eigenvalue weighted by Gasteiger charge is 2.29. The molecule has 0 spiro atoms. The molecule has 1 aromatic rings. The van der Waals surface area contributed by atoms with Crippen molar-refractivity contribution in [3.05, 3.63) is 28.8 Å². The van der Waals surface area contributed by atoms with Gasteiger partial charge in [-0.2, -0.15) is 9.57 Å². The first kappa shape index (κ1) is 13.8. The van der Waals surface area contributed by atoms with E-state index in [0.717, 1.165) is 4.31 Å². The van der Waals surface area contributed by atoms with Crippen molar-refractivity contribution in [1.82, 2.24) is 9.62 Å². The van der Waals surface area contributed by atoms with Crippen LogP contribution in [0.1, 0.15) is 5.56 Å². The van der Waals surface area contributed by atoms with Crippen LogP contribution in [0.5, 0.6) is 0 Å². The highest BCUT2D eigenvalue weighted by atomic mass is 35.5. The van der Waals surface area contributed by atoms with Crippen LogP contribution in [0.3, 0.4) is 0 Å². The molecule has 0 radical (unpaired) electrons. The zero-order chi connectivity index (χ0) is 14.0. The summed E-state index contributed by atoms with van der Waals surface area (Å²) in [6.45, 7) is 0.285. The number of carbonyl (C=O) groups excluding carboxylic acids is 1. The van der Waals surface area contributed by atoms with E-state index in [1.165, 1.54) is 18.2 Å². The van der Waals surface area contributed by atoms with Crippen LogP contribution in [0.2, 0.25) is 5.02 Å². The van der Waals surface area contributed by atoms with Crippen molar-refractivity contribution < 1.29 is 13.2 Å². The highest BCUT2D eigenvalue weighted by molar-refractivity contribution is 7.89. The van der Waals surface area contributed by atoms with E-state index in [4.69, 9.17) is 16.9 Å². The van der Waals surface area contributed by atoms with Gasteiger partial charge in [0.05, 0.1) is 22.0 Å². The molecule has 19 heavy (non-hydrogen) atoms. The lowest BCUT2D eigenvalue weighted by atomic mass is 10.2. The Balaban J connectivity index is 2.37. The van der Waals surface area contributed by atoms with E-state index < -0.39 is 10.0 Å². The maximum absolute atomic E-state index is 12.3. The summed E-state index contributed by atoms with van der Waals surface area (Å²) in [6.07, 6.45) is 0. The normalized spacial score (nSPS) is 16.7. The Hall–Kier alpha value is -1.62. The summed E-state index contributed by atoms with van der Waals surface area (Å²) in [5.41, 5.74) is 0.206. The molecule has 0 unspecified atom stereocenters. The molecule has 1 aliphatic rings. The average Bonchev–Trinajstić information content (AvgIpc) is 2.38. The van der Waals surface area contributed by atoms with Crippen molar-refractivity contribution in [3.8, 4) is 6.07 Å². The number of hydrogen-bond donors (Lipinski definition) is 1. The van der Waals surface area contributed by atoms with Gasteiger partial charge >= 0.3 is 0 Å². The minimum absolute atomic E-state index is 0.0220. The third-order valence-electron chi connectivity index (χ3n) is 2.70. The Labute approximate surface area is 115 Å². The SMILES string of the molecule is N#Cc1ccc(S(=O)(=O)N2CCNC(=O)C2)cc1Cl. The van der Waals surface area contributed by atoms with Crippen LogP contribution >= 0.6 is 11.6 Å². The number of amides is 1. The first-order valence-corrected chi connectivity index (χ1v) is 7.23. The van der Waals surface area contributed by atoms with E-state index in [1.807, 2.05) is 6.07 Å². The predicted octanol–water partition coefficient (Wildman–Crippen LogP) is 0.332. The van der Waals surface area contributed by atoms with Gasteiger partial charge in [-0.25, -0.2) is 8.42 Å². The zero-order valence-electron chi connectivity index (χ0n) is 9.76. The quantitative estimate of drug-likeness (QED) is 0.852. The van der Waals surface area contributed by atoms with Gasteiger partial charge in [-0.05, 0) is 18.2 Å². The molecule has 1 aliphatic heterocycles.